The second-order valence-electron chi connectivity index (χ2n) is 8.51. The predicted octanol–water partition coefficient (Wildman–Crippen LogP) is 1.81. The standard InChI is InChI=1S/C20H21F2N7O/c1-26-18(22)15(6-24-26)11-4-17-19(23-10-25-28(17)7-11)27-8-12-2-3-13(9-27)29(12)20(30)14-5-16(14)21/h4,6-7,10,12-14,16H,2-3,5,8-9H2,1H3/t12?,13?,14-,16-/m1/s1. The normalized spacial score (nSPS) is 27.8. The first-order valence-corrected chi connectivity index (χ1v) is 10.2. The minimum Gasteiger partial charge on any atom is -0.351 e. The summed E-state index contributed by atoms with van der Waals surface area (Å²) < 4.78 is 30.7. The lowest BCUT2D eigenvalue weighted by Crippen LogP contribution is -2.56. The number of nitrogens with zero attached hydrogens (tertiary/aromatic N) is 7. The predicted molar refractivity (Wildman–Crippen MR) is 104 cm³/mol. The number of rotatable bonds is 3. The van der Waals surface area contributed by atoms with Crippen LogP contribution >= 0.6 is 0 Å². The highest BCUT2D eigenvalue weighted by molar-refractivity contribution is 5.84. The Kier molecular flexibility index (Phi) is 3.69. The van der Waals surface area contributed by atoms with Gasteiger partial charge >= 0.3 is 0 Å². The number of aryl methyl sites for hydroxylation is 1. The molecule has 3 aromatic heterocycles. The molecule has 3 aromatic rings. The van der Waals surface area contributed by atoms with Crippen molar-refractivity contribution in [2.24, 2.45) is 13.0 Å². The van der Waals surface area contributed by atoms with Crippen LogP contribution in [0.5, 0.6) is 0 Å². The van der Waals surface area contributed by atoms with Crippen LogP contribution in [0.15, 0.2) is 24.8 Å². The summed E-state index contributed by atoms with van der Waals surface area (Å²) in [5.41, 5.74) is 1.87. The molecule has 3 fully saturated rings. The van der Waals surface area contributed by atoms with Gasteiger partial charge in [-0.05, 0) is 25.3 Å². The van der Waals surface area contributed by atoms with E-state index in [1.54, 1.807) is 17.8 Å². The molecule has 2 bridgehead atoms. The summed E-state index contributed by atoms with van der Waals surface area (Å²) in [5, 5.41) is 8.25. The zero-order valence-corrected chi connectivity index (χ0v) is 16.4. The molecule has 8 nitrogen and oxygen atoms in total. The average Bonchev–Trinajstić information content (AvgIpc) is 3.03. The lowest BCUT2D eigenvalue weighted by molar-refractivity contribution is -0.136. The Hall–Kier alpha value is -3.04. The fraction of sp³-hybridized carbons (Fsp3) is 0.500. The summed E-state index contributed by atoms with van der Waals surface area (Å²) >= 11 is 0. The smallest absolute Gasteiger partial charge is 0.229 e. The van der Waals surface area contributed by atoms with Crippen molar-refractivity contribution >= 4 is 17.2 Å². The van der Waals surface area contributed by atoms with Crippen LogP contribution in [0.2, 0.25) is 0 Å². The molecule has 0 spiro atoms. The van der Waals surface area contributed by atoms with Gasteiger partial charge in [-0.1, -0.05) is 0 Å². The third-order valence-corrected chi connectivity index (χ3v) is 6.63. The quantitative estimate of drug-likeness (QED) is 0.655. The molecule has 156 valence electrons. The fourth-order valence-corrected chi connectivity index (χ4v) is 4.97. The summed E-state index contributed by atoms with van der Waals surface area (Å²) in [4.78, 5) is 21.3. The van der Waals surface area contributed by atoms with E-state index in [1.165, 1.54) is 17.2 Å². The molecule has 4 atom stereocenters. The van der Waals surface area contributed by atoms with Crippen LogP contribution in [0, 0.1) is 11.9 Å². The number of carbonyl (C=O) groups is 1. The average molecular weight is 413 g/mol. The van der Waals surface area contributed by atoms with Crippen molar-refractivity contribution in [2.75, 3.05) is 18.0 Å². The number of aromatic nitrogens is 5. The molecule has 2 unspecified atom stereocenters. The van der Waals surface area contributed by atoms with Gasteiger partial charge in [0.2, 0.25) is 11.9 Å². The third kappa shape index (κ3) is 2.55. The molecule has 1 amide bonds. The van der Waals surface area contributed by atoms with Crippen LogP contribution in [0.3, 0.4) is 0 Å². The Morgan fingerprint density at radius 2 is 1.93 bits per heavy atom. The number of hydrogen-bond acceptors (Lipinski definition) is 5. The number of carbonyl (C=O) groups excluding carboxylic acids is 1. The van der Waals surface area contributed by atoms with Crippen LogP contribution in [0.1, 0.15) is 19.3 Å². The van der Waals surface area contributed by atoms with Gasteiger partial charge < -0.3 is 9.80 Å². The maximum atomic E-state index is 14.3. The van der Waals surface area contributed by atoms with Crippen molar-refractivity contribution in [1.29, 1.82) is 0 Å². The molecule has 30 heavy (non-hydrogen) atoms. The monoisotopic (exact) mass is 413 g/mol. The molecule has 5 heterocycles. The van der Waals surface area contributed by atoms with Gasteiger partial charge in [-0.15, -0.1) is 0 Å². The van der Waals surface area contributed by atoms with Crippen molar-refractivity contribution in [2.45, 2.75) is 37.5 Å². The summed E-state index contributed by atoms with van der Waals surface area (Å²) in [7, 11) is 1.56. The second kappa shape index (κ2) is 6.23. The Morgan fingerprint density at radius 1 is 1.20 bits per heavy atom. The number of hydrogen-bond donors (Lipinski definition) is 0. The van der Waals surface area contributed by atoms with Crippen LogP contribution in [0.25, 0.3) is 16.6 Å². The topological polar surface area (TPSA) is 71.6 Å². The summed E-state index contributed by atoms with van der Waals surface area (Å²) in [5.74, 6) is -0.108. The van der Waals surface area contributed by atoms with Gasteiger partial charge in [0.25, 0.3) is 0 Å². The Labute approximate surface area is 171 Å². The first-order chi connectivity index (χ1) is 14.5. The SMILES string of the molecule is Cn1ncc(-c2cc3c(N4CC5CCC(C4)N5C(=O)[C@@H]4C[C@H]4F)ncnn3c2)c1F. The highest BCUT2D eigenvalue weighted by atomic mass is 19.1. The van der Waals surface area contributed by atoms with E-state index < -0.39 is 18.0 Å². The third-order valence-electron chi connectivity index (χ3n) is 6.63. The molecular weight excluding hydrogens is 392 g/mol. The minimum atomic E-state index is -0.969. The number of amides is 1. The van der Waals surface area contributed by atoms with Crippen molar-refractivity contribution in [3.63, 3.8) is 0 Å². The zero-order valence-electron chi connectivity index (χ0n) is 16.4. The van der Waals surface area contributed by atoms with Gasteiger partial charge in [0.05, 0.1) is 17.7 Å². The molecule has 2 aliphatic heterocycles. The van der Waals surface area contributed by atoms with Gasteiger partial charge in [-0.25, -0.2) is 18.6 Å². The Balaban J connectivity index is 1.32. The minimum absolute atomic E-state index is 0.0282. The van der Waals surface area contributed by atoms with Crippen LogP contribution in [0.4, 0.5) is 14.6 Å². The highest BCUT2D eigenvalue weighted by Gasteiger charge is 2.51. The second-order valence-corrected chi connectivity index (χ2v) is 8.51. The molecule has 0 aromatic carbocycles. The maximum absolute atomic E-state index is 14.3. The molecule has 6 rings (SSSR count). The van der Waals surface area contributed by atoms with Crippen LogP contribution in [-0.4, -0.2) is 66.5 Å². The molecule has 3 aliphatic rings. The first-order valence-electron chi connectivity index (χ1n) is 10.2. The summed E-state index contributed by atoms with van der Waals surface area (Å²) in [6.45, 7) is 1.31. The van der Waals surface area contributed by atoms with Crippen LogP contribution < -0.4 is 4.90 Å². The Bertz CT molecular complexity index is 1140. The van der Waals surface area contributed by atoms with E-state index in [4.69, 9.17) is 0 Å². The number of halogens is 2. The van der Waals surface area contributed by atoms with Gasteiger partial charge in [-0.2, -0.15) is 14.6 Å². The van der Waals surface area contributed by atoms with Crippen molar-refractivity contribution in [3.05, 3.63) is 30.7 Å². The van der Waals surface area contributed by atoms with E-state index in [0.29, 0.717) is 30.6 Å². The molecule has 0 radical (unpaired) electrons. The molecule has 10 heteroatoms. The highest BCUT2D eigenvalue weighted by Crippen LogP contribution is 2.41. The van der Waals surface area contributed by atoms with Crippen molar-refractivity contribution in [3.8, 4) is 11.1 Å². The molecule has 0 N–H and O–H groups in total. The maximum Gasteiger partial charge on any atom is 0.229 e. The fourth-order valence-electron chi connectivity index (χ4n) is 4.97. The van der Waals surface area contributed by atoms with Crippen LogP contribution in [-0.2, 0) is 11.8 Å². The van der Waals surface area contributed by atoms with E-state index in [2.05, 4.69) is 20.1 Å². The summed E-state index contributed by atoms with van der Waals surface area (Å²) in [6.07, 6.45) is 5.99. The molecule has 1 saturated carbocycles. The van der Waals surface area contributed by atoms with Crippen molar-refractivity contribution < 1.29 is 13.6 Å². The molecule has 2 saturated heterocycles. The zero-order chi connectivity index (χ0) is 20.6. The van der Waals surface area contributed by atoms with E-state index in [1.807, 2.05) is 11.0 Å². The number of anilines is 1. The largest absolute Gasteiger partial charge is 0.351 e. The first kappa shape index (κ1) is 17.8. The van der Waals surface area contributed by atoms with Gasteiger partial charge in [0.1, 0.15) is 18.0 Å². The number of alkyl halides is 1. The molecule has 1 aliphatic carbocycles. The van der Waals surface area contributed by atoms with Gasteiger partial charge in [-0.3, -0.25) is 4.79 Å². The van der Waals surface area contributed by atoms with Crippen molar-refractivity contribution in [1.82, 2.24) is 29.3 Å². The number of fused-ring (bicyclic) bond motifs is 3. The molecular formula is C20H21F2N7O. The van der Waals surface area contributed by atoms with E-state index in [-0.39, 0.29) is 18.0 Å². The number of piperazine rings is 1. The lowest BCUT2D eigenvalue weighted by Gasteiger charge is -2.41. The van der Waals surface area contributed by atoms with Gasteiger partial charge in [0, 0.05) is 44.0 Å². The Morgan fingerprint density at radius 3 is 2.57 bits per heavy atom. The van der Waals surface area contributed by atoms with E-state index in [0.717, 1.165) is 24.2 Å². The lowest BCUT2D eigenvalue weighted by atomic mass is 10.1. The summed E-state index contributed by atoms with van der Waals surface area (Å²) in [6, 6.07) is 2.01. The van der Waals surface area contributed by atoms with E-state index >= 15 is 0 Å². The van der Waals surface area contributed by atoms with E-state index in [9.17, 15) is 13.6 Å². The van der Waals surface area contributed by atoms with Gasteiger partial charge in [0.15, 0.2) is 5.82 Å².